The van der Waals surface area contributed by atoms with Crippen LogP contribution in [-0.4, -0.2) is 22.3 Å². The van der Waals surface area contributed by atoms with Crippen LogP contribution < -0.4 is 10.1 Å². The van der Waals surface area contributed by atoms with E-state index in [1.807, 2.05) is 80.7 Å². The summed E-state index contributed by atoms with van der Waals surface area (Å²) in [7, 11) is 0. The fourth-order valence-corrected chi connectivity index (χ4v) is 3.45. The molecule has 4 rings (SSSR count). The second-order valence-electron chi connectivity index (χ2n) is 7.66. The second-order valence-corrected chi connectivity index (χ2v) is 7.66. The Morgan fingerprint density at radius 2 is 1.76 bits per heavy atom. The number of anilines is 1. The van der Waals surface area contributed by atoms with Crippen molar-refractivity contribution in [2.24, 2.45) is 0 Å². The van der Waals surface area contributed by atoms with Gasteiger partial charge in [0, 0.05) is 23.0 Å². The molecular formula is C28H24N4O2. The third kappa shape index (κ3) is 5.22. The molecule has 1 heterocycles. The Labute approximate surface area is 198 Å². The normalized spacial score (nSPS) is 11.0. The number of carbonyl (C=O) groups excluding carboxylic acids is 1. The Morgan fingerprint density at radius 3 is 2.41 bits per heavy atom. The number of aryl methyl sites for hydroxylation is 1. The van der Waals surface area contributed by atoms with Crippen LogP contribution in [0.25, 0.3) is 23.0 Å². The van der Waals surface area contributed by atoms with Crippen molar-refractivity contribution < 1.29 is 9.53 Å². The number of hydrogen-bond acceptors (Lipinski definition) is 4. The summed E-state index contributed by atoms with van der Waals surface area (Å²) in [5.74, 6) is 0.224. The number of hydrogen-bond donors (Lipinski definition) is 1. The monoisotopic (exact) mass is 448 g/mol. The van der Waals surface area contributed by atoms with Gasteiger partial charge < -0.3 is 10.1 Å². The van der Waals surface area contributed by atoms with Crippen LogP contribution >= 0.6 is 0 Å². The van der Waals surface area contributed by atoms with Gasteiger partial charge in [-0.25, -0.2) is 4.68 Å². The largest absolute Gasteiger partial charge is 0.494 e. The topological polar surface area (TPSA) is 79.9 Å². The molecule has 0 bridgehead atoms. The summed E-state index contributed by atoms with van der Waals surface area (Å²) in [6, 6.07) is 26.7. The molecule has 1 amide bonds. The van der Waals surface area contributed by atoms with Crippen LogP contribution in [-0.2, 0) is 4.79 Å². The van der Waals surface area contributed by atoms with Gasteiger partial charge in [-0.1, -0.05) is 48.0 Å². The van der Waals surface area contributed by atoms with E-state index in [1.54, 1.807) is 35.0 Å². The minimum absolute atomic E-state index is 0.0186. The van der Waals surface area contributed by atoms with Gasteiger partial charge in [0.1, 0.15) is 17.4 Å². The Balaban J connectivity index is 1.68. The lowest BCUT2D eigenvalue weighted by molar-refractivity contribution is -0.112. The first-order chi connectivity index (χ1) is 16.6. The summed E-state index contributed by atoms with van der Waals surface area (Å²) < 4.78 is 7.18. The lowest BCUT2D eigenvalue weighted by atomic mass is 10.0. The van der Waals surface area contributed by atoms with Gasteiger partial charge in [-0.3, -0.25) is 4.79 Å². The maximum atomic E-state index is 12.9. The molecule has 6 nitrogen and oxygen atoms in total. The van der Waals surface area contributed by atoms with Crippen molar-refractivity contribution in [3.63, 3.8) is 0 Å². The Kier molecular flexibility index (Phi) is 6.85. The van der Waals surface area contributed by atoms with Gasteiger partial charge in [0.05, 0.1) is 18.0 Å². The van der Waals surface area contributed by atoms with Crippen LogP contribution in [0.5, 0.6) is 5.75 Å². The highest BCUT2D eigenvalue weighted by Crippen LogP contribution is 2.26. The Hall–Kier alpha value is -4.63. The Morgan fingerprint density at radius 1 is 1.06 bits per heavy atom. The number of nitrogens with one attached hydrogen (secondary N) is 1. The van der Waals surface area contributed by atoms with Crippen molar-refractivity contribution in [3.8, 4) is 28.8 Å². The van der Waals surface area contributed by atoms with Crippen molar-refractivity contribution in [1.29, 1.82) is 5.26 Å². The SMILES string of the molecule is CCOc1ccc(NC(=O)C(C#N)=Cc2cn(-c3ccccc3)nc2-c2ccc(C)cc2)cc1. The average Bonchev–Trinajstić information content (AvgIpc) is 3.29. The van der Waals surface area contributed by atoms with Crippen molar-refractivity contribution in [2.75, 3.05) is 11.9 Å². The molecule has 0 saturated carbocycles. The molecule has 3 aromatic carbocycles. The standard InChI is InChI=1S/C28H24N4O2/c1-3-34-26-15-13-24(14-16-26)30-28(33)22(18-29)17-23-19-32(25-7-5-4-6-8-25)31-27(23)21-11-9-20(2)10-12-21/h4-17,19H,3H2,1-2H3,(H,30,33). The van der Waals surface area contributed by atoms with Gasteiger partial charge in [0.25, 0.3) is 5.91 Å². The van der Waals surface area contributed by atoms with Crippen LogP contribution in [0.15, 0.2) is 90.6 Å². The lowest BCUT2D eigenvalue weighted by Crippen LogP contribution is -2.13. The van der Waals surface area contributed by atoms with E-state index >= 15 is 0 Å². The molecule has 168 valence electrons. The highest BCUT2D eigenvalue weighted by Gasteiger charge is 2.15. The van der Waals surface area contributed by atoms with Crippen LogP contribution in [0.2, 0.25) is 0 Å². The van der Waals surface area contributed by atoms with Gasteiger partial charge >= 0.3 is 0 Å². The summed E-state index contributed by atoms with van der Waals surface area (Å²) in [5.41, 5.74) is 4.83. The van der Waals surface area contributed by atoms with E-state index in [0.29, 0.717) is 29.3 Å². The predicted octanol–water partition coefficient (Wildman–Crippen LogP) is 5.79. The second kappa shape index (κ2) is 10.3. The van der Waals surface area contributed by atoms with Crippen molar-refractivity contribution in [1.82, 2.24) is 9.78 Å². The number of carbonyl (C=O) groups is 1. The summed E-state index contributed by atoms with van der Waals surface area (Å²) in [5, 5.41) is 17.3. The van der Waals surface area contributed by atoms with E-state index in [4.69, 9.17) is 9.84 Å². The van der Waals surface area contributed by atoms with Crippen molar-refractivity contribution in [3.05, 3.63) is 102 Å². The average molecular weight is 449 g/mol. The van der Waals surface area contributed by atoms with Gasteiger partial charge in [0.2, 0.25) is 0 Å². The third-order valence-electron chi connectivity index (χ3n) is 5.18. The molecular weight excluding hydrogens is 424 g/mol. The highest BCUT2D eigenvalue weighted by atomic mass is 16.5. The summed E-state index contributed by atoms with van der Waals surface area (Å²) in [6.07, 6.45) is 3.40. The first kappa shape index (κ1) is 22.6. The van der Waals surface area contributed by atoms with Gasteiger partial charge in [0.15, 0.2) is 0 Å². The number of benzene rings is 3. The van der Waals surface area contributed by atoms with Gasteiger partial charge in [-0.05, 0) is 56.3 Å². The highest BCUT2D eigenvalue weighted by molar-refractivity contribution is 6.10. The molecule has 4 aromatic rings. The van der Waals surface area contributed by atoms with Crippen LogP contribution in [0.1, 0.15) is 18.1 Å². The fourth-order valence-electron chi connectivity index (χ4n) is 3.45. The zero-order valence-corrected chi connectivity index (χ0v) is 19.0. The smallest absolute Gasteiger partial charge is 0.266 e. The number of nitrogens with zero attached hydrogens (tertiary/aromatic N) is 3. The maximum Gasteiger partial charge on any atom is 0.266 e. The maximum absolute atomic E-state index is 12.9. The number of rotatable bonds is 7. The van der Waals surface area contributed by atoms with E-state index in [1.165, 1.54) is 0 Å². The molecule has 0 fully saturated rings. The van der Waals surface area contributed by atoms with E-state index in [0.717, 1.165) is 16.8 Å². The molecule has 0 spiro atoms. The number of nitriles is 1. The Bertz CT molecular complexity index is 1350. The summed E-state index contributed by atoms with van der Waals surface area (Å²) >= 11 is 0. The molecule has 0 aliphatic rings. The summed E-state index contributed by atoms with van der Waals surface area (Å²) in [4.78, 5) is 12.9. The van der Waals surface area contributed by atoms with E-state index < -0.39 is 5.91 Å². The van der Waals surface area contributed by atoms with Gasteiger partial charge in [-0.15, -0.1) is 0 Å². The van der Waals surface area contributed by atoms with Crippen LogP contribution in [0.3, 0.4) is 0 Å². The molecule has 0 atom stereocenters. The molecule has 0 unspecified atom stereocenters. The minimum Gasteiger partial charge on any atom is -0.494 e. The van der Waals surface area contributed by atoms with Crippen LogP contribution in [0, 0.1) is 18.3 Å². The molecule has 0 radical (unpaired) electrons. The van der Waals surface area contributed by atoms with Crippen LogP contribution in [0.4, 0.5) is 5.69 Å². The zero-order chi connectivity index (χ0) is 23.9. The number of aromatic nitrogens is 2. The number of ether oxygens (including phenoxy) is 1. The number of amides is 1. The molecule has 0 saturated heterocycles. The van der Waals surface area contributed by atoms with E-state index in [9.17, 15) is 10.1 Å². The van der Waals surface area contributed by atoms with E-state index in [-0.39, 0.29) is 5.57 Å². The van der Waals surface area contributed by atoms with Gasteiger partial charge in [-0.2, -0.15) is 10.4 Å². The quantitative estimate of drug-likeness (QED) is 0.287. The molecule has 0 aliphatic carbocycles. The molecule has 1 aromatic heterocycles. The predicted molar refractivity (Wildman–Crippen MR) is 134 cm³/mol. The van der Waals surface area contributed by atoms with E-state index in [2.05, 4.69) is 5.32 Å². The number of para-hydroxylation sites is 1. The van der Waals surface area contributed by atoms with Crippen molar-refractivity contribution in [2.45, 2.75) is 13.8 Å². The summed E-state index contributed by atoms with van der Waals surface area (Å²) in [6.45, 7) is 4.49. The van der Waals surface area contributed by atoms with Crippen molar-refractivity contribution >= 4 is 17.7 Å². The first-order valence-corrected chi connectivity index (χ1v) is 11.0. The minimum atomic E-state index is -0.492. The third-order valence-corrected chi connectivity index (χ3v) is 5.18. The molecule has 0 aliphatic heterocycles. The molecule has 34 heavy (non-hydrogen) atoms. The molecule has 1 N–H and O–H groups in total. The molecule has 6 heteroatoms. The first-order valence-electron chi connectivity index (χ1n) is 11.0. The zero-order valence-electron chi connectivity index (χ0n) is 19.0. The fraction of sp³-hybridized carbons (Fsp3) is 0.107. The lowest BCUT2D eigenvalue weighted by Gasteiger charge is -2.06.